The number of amides is 1. The largest absolute Gasteiger partial charge is 0.481 e. The van der Waals surface area contributed by atoms with Gasteiger partial charge in [-0.3, -0.25) is 9.59 Å². The first-order valence-corrected chi connectivity index (χ1v) is 7.99. The van der Waals surface area contributed by atoms with Gasteiger partial charge in [0, 0.05) is 29.1 Å². The first-order chi connectivity index (χ1) is 11.5. The number of hydrogen-bond acceptors (Lipinski definition) is 2. The third-order valence-corrected chi connectivity index (χ3v) is 4.45. The summed E-state index contributed by atoms with van der Waals surface area (Å²) in [5.74, 6) is -0.877. The lowest BCUT2D eigenvalue weighted by Crippen LogP contribution is -2.03. The molecule has 5 nitrogen and oxygen atoms in total. The molecule has 1 aromatic heterocycles. The number of hydrogen-bond donors (Lipinski definition) is 3. The van der Waals surface area contributed by atoms with Gasteiger partial charge in [0.1, 0.15) is 0 Å². The molecule has 0 unspecified atom stereocenters. The van der Waals surface area contributed by atoms with Crippen LogP contribution < -0.4 is 5.32 Å². The molecule has 1 aromatic carbocycles. The lowest BCUT2D eigenvalue weighted by Gasteiger charge is -2.01. The second kappa shape index (κ2) is 6.35. The fourth-order valence-corrected chi connectivity index (χ4v) is 3.18. The number of rotatable bonds is 5. The zero-order valence-corrected chi connectivity index (χ0v) is 13.8. The summed E-state index contributed by atoms with van der Waals surface area (Å²) in [6.45, 7) is 3.98. The summed E-state index contributed by atoms with van der Waals surface area (Å²) in [6.07, 6.45) is 3.36. The summed E-state index contributed by atoms with van der Waals surface area (Å²) in [4.78, 5) is 26.2. The highest BCUT2D eigenvalue weighted by Gasteiger charge is 2.24. The van der Waals surface area contributed by atoms with Crippen LogP contribution in [-0.4, -0.2) is 22.0 Å². The normalized spacial score (nSPS) is 14.8. The molecule has 0 radical (unpaired) electrons. The minimum absolute atomic E-state index is 0.102. The van der Waals surface area contributed by atoms with Gasteiger partial charge in [0.05, 0.1) is 5.57 Å². The average Bonchev–Trinajstić information content (AvgIpc) is 2.98. The van der Waals surface area contributed by atoms with Gasteiger partial charge in [0.25, 0.3) is 5.91 Å². The molecular weight excluding hydrogens is 304 g/mol. The number of aromatic nitrogens is 1. The van der Waals surface area contributed by atoms with Crippen LogP contribution in [0.25, 0.3) is 11.6 Å². The third kappa shape index (κ3) is 2.97. The number of carbonyl (C=O) groups excluding carboxylic acids is 1. The average molecular weight is 324 g/mol. The summed E-state index contributed by atoms with van der Waals surface area (Å²) in [7, 11) is 0. The first-order valence-electron chi connectivity index (χ1n) is 7.99. The highest BCUT2D eigenvalue weighted by molar-refractivity contribution is 6.34. The van der Waals surface area contributed by atoms with Gasteiger partial charge in [-0.15, -0.1) is 0 Å². The quantitative estimate of drug-likeness (QED) is 0.736. The number of aromatic amines is 1. The Labute approximate surface area is 140 Å². The Bertz CT molecular complexity index is 846. The molecule has 2 heterocycles. The molecule has 0 bridgehead atoms. The minimum atomic E-state index is -0.776. The molecule has 0 saturated heterocycles. The lowest BCUT2D eigenvalue weighted by molar-refractivity contribution is -0.137. The van der Waals surface area contributed by atoms with E-state index in [0.29, 0.717) is 18.4 Å². The molecule has 24 heavy (non-hydrogen) atoms. The van der Waals surface area contributed by atoms with E-state index in [4.69, 9.17) is 5.11 Å². The van der Waals surface area contributed by atoms with Crippen LogP contribution in [0.15, 0.2) is 24.3 Å². The number of carbonyl (C=O) groups is 2. The zero-order chi connectivity index (χ0) is 17.3. The molecule has 3 N–H and O–H groups in total. The van der Waals surface area contributed by atoms with E-state index >= 15 is 0 Å². The second-order valence-corrected chi connectivity index (χ2v) is 6.07. The van der Waals surface area contributed by atoms with Crippen molar-refractivity contribution >= 4 is 29.2 Å². The SMILES string of the molecule is Cc1[nH]c(C=C2C(=O)Nc3ccccc32)c(C)c1CCCC(=O)O. The van der Waals surface area contributed by atoms with Gasteiger partial charge < -0.3 is 15.4 Å². The first kappa shape index (κ1) is 16.1. The lowest BCUT2D eigenvalue weighted by atomic mass is 10.0. The van der Waals surface area contributed by atoms with Gasteiger partial charge in [0.15, 0.2) is 0 Å². The number of aliphatic carboxylic acids is 1. The van der Waals surface area contributed by atoms with E-state index < -0.39 is 5.97 Å². The van der Waals surface area contributed by atoms with Crippen LogP contribution in [0, 0.1) is 13.8 Å². The maximum absolute atomic E-state index is 12.2. The van der Waals surface area contributed by atoms with E-state index in [0.717, 1.165) is 33.8 Å². The molecule has 0 spiro atoms. The fraction of sp³-hybridized carbons (Fsp3) is 0.263. The second-order valence-electron chi connectivity index (χ2n) is 6.07. The standard InChI is InChI=1S/C19H20N2O3/c1-11-13(7-5-9-18(22)23)12(2)20-17(11)10-15-14-6-3-4-8-16(14)21-19(15)24/h3-4,6,8,10,20H,5,7,9H2,1-2H3,(H,21,24)(H,22,23). The van der Waals surface area contributed by atoms with Crippen molar-refractivity contribution in [3.8, 4) is 0 Å². The number of carboxylic acid groups (broad SMARTS) is 1. The van der Waals surface area contributed by atoms with Crippen LogP contribution in [0.1, 0.15) is 40.9 Å². The number of fused-ring (bicyclic) bond motifs is 1. The molecule has 0 aliphatic carbocycles. The maximum Gasteiger partial charge on any atom is 0.303 e. The Morgan fingerprint density at radius 3 is 2.75 bits per heavy atom. The Kier molecular flexibility index (Phi) is 4.25. The molecule has 0 atom stereocenters. The number of H-pyrrole nitrogens is 1. The van der Waals surface area contributed by atoms with Gasteiger partial charge in [0.2, 0.25) is 0 Å². The molecular formula is C19H20N2O3. The maximum atomic E-state index is 12.2. The number of para-hydroxylation sites is 1. The Balaban J connectivity index is 1.91. The monoisotopic (exact) mass is 324 g/mol. The van der Waals surface area contributed by atoms with Gasteiger partial charge in [-0.2, -0.15) is 0 Å². The molecule has 1 aliphatic heterocycles. The van der Waals surface area contributed by atoms with Crippen molar-refractivity contribution in [3.05, 3.63) is 52.3 Å². The van der Waals surface area contributed by atoms with Crippen molar-refractivity contribution < 1.29 is 14.7 Å². The highest BCUT2D eigenvalue weighted by Crippen LogP contribution is 2.33. The van der Waals surface area contributed by atoms with Crippen molar-refractivity contribution in [1.29, 1.82) is 0 Å². The Hall–Kier alpha value is -2.82. The van der Waals surface area contributed by atoms with Crippen LogP contribution in [-0.2, 0) is 16.0 Å². The van der Waals surface area contributed by atoms with Crippen molar-refractivity contribution in [2.75, 3.05) is 5.32 Å². The predicted molar refractivity (Wildman–Crippen MR) is 93.8 cm³/mol. The van der Waals surface area contributed by atoms with Gasteiger partial charge >= 0.3 is 5.97 Å². The van der Waals surface area contributed by atoms with Gasteiger partial charge in [-0.1, -0.05) is 18.2 Å². The van der Waals surface area contributed by atoms with Crippen molar-refractivity contribution in [1.82, 2.24) is 4.98 Å². The van der Waals surface area contributed by atoms with Crippen molar-refractivity contribution in [2.24, 2.45) is 0 Å². The molecule has 0 saturated carbocycles. The number of aryl methyl sites for hydroxylation is 1. The molecule has 3 rings (SSSR count). The topological polar surface area (TPSA) is 82.2 Å². The molecule has 2 aromatic rings. The molecule has 0 fully saturated rings. The van der Waals surface area contributed by atoms with E-state index in [1.54, 1.807) is 0 Å². The smallest absolute Gasteiger partial charge is 0.303 e. The summed E-state index contributed by atoms with van der Waals surface area (Å²) in [5, 5.41) is 11.7. The predicted octanol–water partition coefficient (Wildman–Crippen LogP) is 3.53. The van der Waals surface area contributed by atoms with Crippen LogP contribution in [0.5, 0.6) is 0 Å². The van der Waals surface area contributed by atoms with E-state index in [9.17, 15) is 9.59 Å². The highest BCUT2D eigenvalue weighted by atomic mass is 16.4. The van der Waals surface area contributed by atoms with Crippen LogP contribution >= 0.6 is 0 Å². The summed E-state index contributed by atoms with van der Waals surface area (Å²) in [6, 6.07) is 7.62. The summed E-state index contributed by atoms with van der Waals surface area (Å²) >= 11 is 0. The van der Waals surface area contributed by atoms with Crippen LogP contribution in [0.4, 0.5) is 5.69 Å². The Morgan fingerprint density at radius 1 is 1.25 bits per heavy atom. The number of benzene rings is 1. The van der Waals surface area contributed by atoms with Crippen LogP contribution in [0.2, 0.25) is 0 Å². The van der Waals surface area contributed by atoms with Crippen molar-refractivity contribution in [3.63, 3.8) is 0 Å². The van der Waals surface area contributed by atoms with E-state index in [1.165, 1.54) is 0 Å². The Morgan fingerprint density at radius 2 is 2.00 bits per heavy atom. The zero-order valence-electron chi connectivity index (χ0n) is 13.8. The van der Waals surface area contributed by atoms with Gasteiger partial charge in [-0.05, 0) is 50.0 Å². The van der Waals surface area contributed by atoms with Gasteiger partial charge in [-0.25, -0.2) is 0 Å². The fourth-order valence-electron chi connectivity index (χ4n) is 3.18. The van der Waals surface area contributed by atoms with Crippen molar-refractivity contribution in [2.45, 2.75) is 33.1 Å². The molecule has 124 valence electrons. The van der Waals surface area contributed by atoms with Crippen LogP contribution in [0.3, 0.4) is 0 Å². The summed E-state index contributed by atoms with van der Waals surface area (Å²) < 4.78 is 0. The molecule has 1 aliphatic rings. The van der Waals surface area contributed by atoms with E-state index in [-0.39, 0.29) is 12.3 Å². The summed E-state index contributed by atoms with van der Waals surface area (Å²) in [5.41, 5.74) is 6.51. The van der Waals surface area contributed by atoms with E-state index in [2.05, 4.69) is 10.3 Å². The molecule has 5 heteroatoms. The van der Waals surface area contributed by atoms with E-state index in [1.807, 2.05) is 44.2 Å². The minimum Gasteiger partial charge on any atom is -0.481 e. The number of carboxylic acids is 1. The molecule has 1 amide bonds. The number of nitrogens with one attached hydrogen (secondary N) is 2. The third-order valence-electron chi connectivity index (χ3n) is 4.45. The number of anilines is 1.